The molecule has 3 N–H and O–H groups in total. The molecule has 3 aromatic rings. The standard InChI is InChI=1S/C21H21N5O2/c1-26-8-6-13(7-9-26)21(28)23-20-17-11-15(2-4-18(17)24-25-20)14-3-5-19(27)16(10-14)12-22/h2-5,10-11,13,27H,6-9H2,1H3,(H2,23,24,25,28). The Balaban J connectivity index is 1.62. The molecule has 1 aromatic heterocycles. The molecule has 1 aliphatic rings. The van der Waals surface area contributed by atoms with Gasteiger partial charge in [0.2, 0.25) is 5.91 Å². The zero-order valence-corrected chi connectivity index (χ0v) is 15.6. The van der Waals surface area contributed by atoms with Crippen LogP contribution in [0.4, 0.5) is 5.82 Å². The van der Waals surface area contributed by atoms with Gasteiger partial charge in [0.25, 0.3) is 0 Å². The second-order valence-electron chi connectivity index (χ2n) is 7.24. The molecule has 1 amide bonds. The Hall–Kier alpha value is -3.37. The Kier molecular flexibility index (Phi) is 4.72. The fourth-order valence-corrected chi connectivity index (χ4v) is 3.58. The summed E-state index contributed by atoms with van der Waals surface area (Å²) in [6.07, 6.45) is 1.70. The third-order valence-electron chi connectivity index (χ3n) is 5.34. The van der Waals surface area contributed by atoms with Gasteiger partial charge in [-0.3, -0.25) is 9.89 Å². The summed E-state index contributed by atoms with van der Waals surface area (Å²) in [4.78, 5) is 14.9. The number of phenolic OH excluding ortho intramolecular Hbond substituents is 1. The van der Waals surface area contributed by atoms with Crippen molar-refractivity contribution < 1.29 is 9.90 Å². The molecule has 1 aliphatic heterocycles. The van der Waals surface area contributed by atoms with Crippen LogP contribution in [-0.2, 0) is 4.79 Å². The summed E-state index contributed by atoms with van der Waals surface area (Å²) in [6, 6.07) is 12.6. The Morgan fingerprint density at radius 1 is 1.25 bits per heavy atom. The lowest BCUT2D eigenvalue weighted by Gasteiger charge is -2.27. The van der Waals surface area contributed by atoms with E-state index in [1.165, 1.54) is 6.07 Å². The van der Waals surface area contributed by atoms with Crippen molar-refractivity contribution in [3.63, 3.8) is 0 Å². The number of carbonyl (C=O) groups is 1. The van der Waals surface area contributed by atoms with Gasteiger partial charge in [-0.15, -0.1) is 0 Å². The largest absolute Gasteiger partial charge is 0.507 e. The highest BCUT2D eigenvalue weighted by molar-refractivity contribution is 6.01. The van der Waals surface area contributed by atoms with E-state index in [9.17, 15) is 9.90 Å². The number of anilines is 1. The number of nitrogens with zero attached hydrogens (tertiary/aromatic N) is 3. The number of likely N-dealkylation sites (tertiary alicyclic amines) is 1. The van der Waals surface area contributed by atoms with E-state index in [1.54, 1.807) is 12.1 Å². The second kappa shape index (κ2) is 7.33. The molecular formula is C21H21N5O2. The summed E-state index contributed by atoms with van der Waals surface area (Å²) in [6.45, 7) is 1.84. The Labute approximate surface area is 162 Å². The van der Waals surface area contributed by atoms with Gasteiger partial charge in [-0.2, -0.15) is 10.4 Å². The fraction of sp³-hybridized carbons (Fsp3) is 0.286. The van der Waals surface area contributed by atoms with Crippen LogP contribution in [0.15, 0.2) is 36.4 Å². The minimum atomic E-state index is -0.0401. The van der Waals surface area contributed by atoms with Gasteiger partial charge in [-0.25, -0.2) is 0 Å². The molecule has 0 spiro atoms. The molecule has 1 saturated heterocycles. The Bertz CT molecular complexity index is 1070. The van der Waals surface area contributed by atoms with Gasteiger partial charge in [-0.1, -0.05) is 12.1 Å². The van der Waals surface area contributed by atoms with Crippen LogP contribution in [0.2, 0.25) is 0 Å². The van der Waals surface area contributed by atoms with Gasteiger partial charge in [0.15, 0.2) is 5.82 Å². The van der Waals surface area contributed by atoms with E-state index in [1.807, 2.05) is 24.3 Å². The SMILES string of the molecule is CN1CCC(C(=O)Nc2n[nH]c3ccc(-c4ccc(O)c(C#N)c4)cc23)CC1. The first-order chi connectivity index (χ1) is 13.5. The molecule has 0 atom stereocenters. The minimum Gasteiger partial charge on any atom is -0.507 e. The highest BCUT2D eigenvalue weighted by Crippen LogP contribution is 2.30. The normalized spacial score (nSPS) is 15.4. The second-order valence-corrected chi connectivity index (χ2v) is 7.24. The van der Waals surface area contributed by atoms with Gasteiger partial charge < -0.3 is 15.3 Å². The minimum absolute atomic E-state index is 0.00131. The van der Waals surface area contributed by atoms with Crippen molar-refractivity contribution >= 4 is 22.6 Å². The molecule has 1 fully saturated rings. The number of rotatable bonds is 3. The summed E-state index contributed by atoms with van der Waals surface area (Å²) >= 11 is 0. The van der Waals surface area contributed by atoms with E-state index in [0.29, 0.717) is 5.82 Å². The molecule has 7 heteroatoms. The third-order valence-corrected chi connectivity index (χ3v) is 5.34. The lowest BCUT2D eigenvalue weighted by atomic mass is 9.96. The molecule has 142 valence electrons. The maximum absolute atomic E-state index is 12.6. The molecule has 0 radical (unpaired) electrons. The van der Waals surface area contributed by atoms with Crippen molar-refractivity contribution in [1.29, 1.82) is 5.26 Å². The molecule has 0 saturated carbocycles. The topological polar surface area (TPSA) is 105 Å². The van der Waals surface area contributed by atoms with E-state index in [2.05, 4.69) is 27.5 Å². The lowest BCUT2D eigenvalue weighted by molar-refractivity contribution is -0.121. The molecule has 28 heavy (non-hydrogen) atoms. The molecule has 2 heterocycles. The van der Waals surface area contributed by atoms with Crippen LogP contribution in [0.1, 0.15) is 18.4 Å². The number of carbonyl (C=O) groups excluding carboxylic acids is 1. The van der Waals surface area contributed by atoms with E-state index in [0.717, 1.165) is 48.0 Å². The van der Waals surface area contributed by atoms with Crippen molar-refractivity contribution in [3.8, 4) is 22.9 Å². The highest BCUT2D eigenvalue weighted by atomic mass is 16.3. The quantitative estimate of drug-likeness (QED) is 0.652. The number of aromatic amines is 1. The Morgan fingerprint density at radius 2 is 1.96 bits per heavy atom. The number of piperidine rings is 1. The maximum atomic E-state index is 12.6. The zero-order valence-electron chi connectivity index (χ0n) is 15.6. The molecule has 7 nitrogen and oxygen atoms in total. The number of amides is 1. The smallest absolute Gasteiger partial charge is 0.228 e. The van der Waals surface area contributed by atoms with E-state index >= 15 is 0 Å². The van der Waals surface area contributed by atoms with Crippen LogP contribution in [0.3, 0.4) is 0 Å². The number of fused-ring (bicyclic) bond motifs is 1. The predicted octanol–water partition coefficient (Wildman–Crippen LogP) is 3.09. The lowest BCUT2D eigenvalue weighted by Crippen LogP contribution is -2.36. The summed E-state index contributed by atoms with van der Waals surface area (Å²) in [5.41, 5.74) is 2.73. The maximum Gasteiger partial charge on any atom is 0.228 e. The van der Waals surface area contributed by atoms with Gasteiger partial charge >= 0.3 is 0 Å². The van der Waals surface area contributed by atoms with Crippen LogP contribution >= 0.6 is 0 Å². The highest BCUT2D eigenvalue weighted by Gasteiger charge is 2.24. The van der Waals surface area contributed by atoms with Gasteiger partial charge in [0, 0.05) is 11.3 Å². The number of hydrogen-bond acceptors (Lipinski definition) is 5. The fourth-order valence-electron chi connectivity index (χ4n) is 3.58. The number of H-pyrrole nitrogens is 1. The first-order valence-electron chi connectivity index (χ1n) is 9.26. The van der Waals surface area contributed by atoms with Crippen molar-refractivity contribution in [2.75, 3.05) is 25.5 Å². The summed E-state index contributed by atoms with van der Waals surface area (Å²) < 4.78 is 0. The van der Waals surface area contributed by atoms with Gasteiger partial charge in [0.1, 0.15) is 11.8 Å². The van der Waals surface area contributed by atoms with E-state index < -0.39 is 0 Å². The van der Waals surface area contributed by atoms with Crippen molar-refractivity contribution in [2.24, 2.45) is 5.92 Å². The molecule has 2 aromatic carbocycles. The van der Waals surface area contributed by atoms with Crippen molar-refractivity contribution in [1.82, 2.24) is 15.1 Å². The number of aromatic nitrogens is 2. The van der Waals surface area contributed by atoms with Gasteiger partial charge in [-0.05, 0) is 68.4 Å². The predicted molar refractivity (Wildman–Crippen MR) is 107 cm³/mol. The van der Waals surface area contributed by atoms with Crippen molar-refractivity contribution in [2.45, 2.75) is 12.8 Å². The van der Waals surface area contributed by atoms with Crippen LogP contribution in [0.25, 0.3) is 22.0 Å². The number of aromatic hydroxyl groups is 1. The Morgan fingerprint density at radius 3 is 2.71 bits per heavy atom. The number of nitrogens with one attached hydrogen (secondary N) is 2. The number of hydrogen-bond donors (Lipinski definition) is 3. The van der Waals surface area contributed by atoms with Crippen molar-refractivity contribution in [3.05, 3.63) is 42.0 Å². The zero-order chi connectivity index (χ0) is 19.7. The monoisotopic (exact) mass is 375 g/mol. The molecular weight excluding hydrogens is 354 g/mol. The van der Waals surface area contributed by atoms with Crippen LogP contribution < -0.4 is 5.32 Å². The summed E-state index contributed by atoms with van der Waals surface area (Å²) in [5.74, 6) is 0.478. The molecule has 0 aliphatic carbocycles. The summed E-state index contributed by atoms with van der Waals surface area (Å²) in [7, 11) is 2.07. The average Bonchev–Trinajstić information content (AvgIpc) is 3.11. The van der Waals surface area contributed by atoms with Crippen LogP contribution in [0.5, 0.6) is 5.75 Å². The molecule has 4 rings (SSSR count). The molecule has 0 unspecified atom stereocenters. The van der Waals surface area contributed by atoms with Gasteiger partial charge in [0.05, 0.1) is 11.1 Å². The average molecular weight is 375 g/mol. The number of benzene rings is 2. The van der Waals surface area contributed by atoms with Crippen LogP contribution in [-0.4, -0.2) is 46.2 Å². The number of nitriles is 1. The number of phenols is 1. The summed E-state index contributed by atoms with van der Waals surface area (Å²) in [5, 5.41) is 29.8. The molecule has 0 bridgehead atoms. The van der Waals surface area contributed by atoms with E-state index in [-0.39, 0.29) is 23.1 Å². The van der Waals surface area contributed by atoms with Crippen LogP contribution in [0, 0.1) is 17.2 Å². The third kappa shape index (κ3) is 3.42. The van der Waals surface area contributed by atoms with E-state index in [4.69, 9.17) is 5.26 Å². The first-order valence-corrected chi connectivity index (χ1v) is 9.26. The first kappa shape index (κ1) is 18.0.